The van der Waals surface area contributed by atoms with Gasteiger partial charge in [-0.15, -0.1) is 0 Å². The van der Waals surface area contributed by atoms with E-state index in [9.17, 15) is 4.39 Å². The first-order valence-electron chi connectivity index (χ1n) is 6.56. The van der Waals surface area contributed by atoms with E-state index in [4.69, 9.17) is 33.3 Å². The van der Waals surface area contributed by atoms with Crippen molar-refractivity contribution in [1.29, 1.82) is 0 Å². The minimum absolute atomic E-state index is 0.152. The lowest BCUT2D eigenvalue weighted by atomic mass is 10.2. The largest absolute Gasteiger partial charge is 0.454 e. The molecule has 5 nitrogen and oxygen atoms in total. The van der Waals surface area contributed by atoms with Gasteiger partial charge in [0.1, 0.15) is 5.82 Å². The van der Waals surface area contributed by atoms with Gasteiger partial charge >= 0.3 is 0 Å². The molecule has 0 saturated heterocycles. The fourth-order valence-electron chi connectivity index (χ4n) is 1.92. The Morgan fingerprint density at radius 1 is 1.26 bits per heavy atom. The molecule has 0 bridgehead atoms. The molecule has 0 fully saturated rings. The lowest BCUT2D eigenvalue weighted by molar-refractivity contribution is 0.174. The minimum atomic E-state index is -0.313. The van der Waals surface area contributed by atoms with E-state index in [1.54, 1.807) is 30.5 Å². The number of ether oxygens (including phenoxy) is 2. The highest BCUT2D eigenvalue weighted by Crippen LogP contribution is 2.39. The molecule has 0 unspecified atom stereocenters. The number of nitrogens with one attached hydrogen (secondary N) is 2. The maximum Gasteiger partial charge on any atom is 0.231 e. The van der Waals surface area contributed by atoms with Crippen LogP contribution in [0.4, 0.5) is 10.1 Å². The second-order valence-corrected chi connectivity index (χ2v) is 5.38. The van der Waals surface area contributed by atoms with Crippen molar-refractivity contribution in [2.24, 2.45) is 5.10 Å². The lowest BCUT2D eigenvalue weighted by Crippen LogP contribution is -2.23. The Balaban J connectivity index is 1.59. The fraction of sp³-hybridized carbons (Fsp3) is 0.0667. The maximum absolute atomic E-state index is 12.8. The number of rotatable bonds is 3. The van der Waals surface area contributed by atoms with Gasteiger partial charge in [0.2, 0.25) is 6.79 Å². The smallest absolute Gasteiger partial charge is 0.231 e. The predicted octanol–water partition coefficient (Wildman–Crippen LogP) is 3.53. The Bertz CT molecular complexity index is 768. The highest BCUT2D eigenvalue weighted by molar-refractivity contribution is 7.80. The zero-order valence-electron chi connectivity index (χ0n) is 11.7. The number of hydrazone groups is 1. The number of hydrogen-bond donors (Lipinski definition) is 2. The summed E-state index contributed by atoms with van der Waals surface area (Å²) in [6, 6.07) is 9.29. The number of anilines is 1. The highest BCUT2D eigenvalue weighted by atomic mass is 35.5. The molecule has 2 aromatic rings. The predicted molar refractivity (Wildman–Crippen MR) is 90.9 cm³/mol. The molecule has 8 heteroatoms. The van der Waals surface area contributed by atoms with E-state index in [1.165, 1.54) is 12.1 Å². The summed E-state index contributed by atoms with van der Waals surface area (Å²) in [5.74, 6) is 0.795. The minimum Gasteiger partial charge on any atom is -0.454 e. The summed E-state index contributed by atoms with van der Waals surface area (Å²) in [6.07, 6.45) is 1.55. The Hall–Kier alpha value is -2.38. The van der Waals surface area contributed by atoms with E-state index in [0.717, 1.165) is 5.56 Å². The molecule has 0 aromatic heterocycles. The van der Waals surface area contributed by atoms with E-state index < -0.39 is 0 Å². The summed E-state index contributed by atoms with van der Waals surface area (Å²) >= 11 is 11.2. The van der Waals surface area contributed by atoms with E-state index in [1.807, 2.05) is 0 Å². The van der Waals surface area contributed by atoms with E-state index in [2.05, 4.69) is 15.8 Å². The number of halogens is 2. The van der Waals surface area contributed by atoms with Crippen LogP contribution in [0.15, 0.2) is 41.5 Å². The second kappa shape index (κ2) is 6.80. The van der Waals surface area contributed by atoms with Crippen molar-refractivity contribution in [3.05, 3.63) is 52.8 Å². The van der Waals surface area contributed by atoms with Crippen LogP contribution < -0.4 is 20.2 Å². The molecule has 1 aliphatic heterocycles. The molecule has 3 rings (SSSR count). The lowest BCUT2D eigenvalue weighted by Gasteiger charge is -2.06. The molecule has 0 radical (unpaired) electrons. The van der Waals surface area contributed by atoms with Crippen molar-refractivity contribution < 1.29 is 13.9 Å². The third-order valence-corrected chi connectivity index (χ3v) is 3.41. The molecule has 1 aliphatic rings. The van der Waals surface area contributed by atoms with Gasteiger partial charge in [0.15, 0.2) is 16.6 Å². The number of thiocarbonyl (C=S) groups is 1. The summed E-state index contributed by atoms with van der Waals surface area (Å²) in [6.45, 7) is 0.152. The Morgan fingerprint density at radius 2 is 2.04 bits per heavy atom. The number of fused-ring (bicyclic) bond motifs is 1. The molecule has 0 spiro atoms. The Morgan fingerprint density at radius 3 is 2.83 bits per heavy atom. The first-order valence-corrected chi connectivity index (χ1v) is 7.35. The number of benzene rings is 2. The van der Waals surface area contributed by atoms with Crippen molar-refractivity contribution in [2.45, 2.75) is 0 Å². The normalized spacial score (nSPS) is 12.4. The van der Waals surface area contributed by atoms with E-state index in [0.29, 0.717) is 22.2 Å². The highest BCUT2D eigenvalue weighted by Gasteiger charge is 2.17. The van der Waals surface area contributed by atoms with Crippen LogP contribution in [0.2, 0.25) is 5.02 Å². The summed E-state index contributed by atoms with van der Waals surface area (Å²) in [4.78, 5) is 0. The second-order valence-electron chi connectivity index (χ2n) is 4.57. The number of hydrogen-bond acceptors (Lipinski definition) is 4. The van der Waals surface area contributed by atoms with Gasteiger partial charge in [0, 0.05) is 5.69 Å². The van der Waals surface area contributed by atoms with Gasteiger partial charge in [-0.05, 0) is 54.2 Å². The van der Waals surface area contributed by atoms with Crippen LogP contribution in [0.25, 0.3) is 0 Å². The van der Waals surface area contributed by atoms with Crippen LogP contribution >= 0.6 is 23.8 Å². The van der Waals surface area contributed by atoms with E-state index in [-0.39, 0.29) is 17.7 Å². The molecule has 1 heterocycles. The van der Waals surface area contributed by atoms with Gasteiger partial charge in [-0.2, -0.15) is 5.10 Å². The monoisotopic (exact) mass is 351 g/mol. The van der Waals surface area contributed by atoms with Gasteiger partial charge < -0.3 is 14.8 Å². The van der Waals surface area contributed by atoms with E-state index >= 15 is 0 Å². The molecule has 2 N–H and O–H groups in total. The maximum atomic E-state index is 12.8. The molecule has 23 heavy (non-hydrogen) atoms. The molecule has 0 saturated carbocycles. The molecular formula is C15H11ClFN3O2S. The van der Waals surface area contributed by atoms with Crippen molar-refractivity contribution in [1.82, 2.24) is 5.43 Å². The first-order chi connectivity index (χ1) is 11.1. The quantitative estimate of drug-likeness (QED) is 0.503. The molecule has 0 aliphatic carbocycles. The average Bonchev–Trinajstić information content (AvgIpc) is 2.99. The van der Waals surface area contributed by atoms with Gasteiger partial charge in [0.25, 0.3) is 0 Å². The van der Waals surface area contributed by atoms with Gasteiger partial charge in [-0.1, -0.05) is 11.6 Å². The first kappa shape index (κ1) is 15.5. The van der Waals surface area contributed by atoms with Crippen LogP contribution in [0.1, 0.15) is 5.56 Å². The van der Waals surface area contributed by atoms with Gasteiger partial charge in [0.05, 0.1) is 11.2 Å². The van der Waals surface area contributed by atoms with Gasteiger partial charge in [-0.3, -0.25) is 5.43 Å². The van der Waals surface area contributed by atoms with Crippen LogP contribution in [0, 0.1) is 5.82 Å². The molecule has 0 atom stereocenters. The zero-order chi connectivity index (χ0) is 16.2. The molecule has 0 amide bonds. The Kier molecular flexibility index (Phi) is 4.59. The van der Waals surface area contributed by atoms with Crippen LogP contribution in [-0.4, -0.2) is 18.1 Å². The van der Waals surface area contributed by atoms with Crippen molar-refractivity contribution in [2.75, 3.05) is 12.1 Å². The SMILES string of the molecule is Fc1ccc(NC(=S)N/N=C\c2cc(Cl)c3c(c2)OCO3)cc1. The molecular weight excluding hydrogens is 341 g/mol. The average molecular weight is 352 g/mol. The standard InChI is InChI=1S/C15H11ClFN3O2S/c16-12-5-9(6-13-14(12)22-8-21-13)7-18-20-15(23)19-11-3-1-10(17)2-4-11/h1-7H,8H2,(H2,19,20,23)/b18-7-. The Labute approximate surface area is 142 Å². The zero-order valence-corrected chi connectivity index (χ0v) is 13.2. The topological polar surface area (TPSA) is 54.9 Å². The van der Waals surface area contributed by atoms with Crippen LogP contribution in [0.5, 0.6) is 11.5 Å². The molecule has 2 aromatic carbocycles. The van der Waals surface area contributed by atoms with Crippen molar-refractivity contribution >= 4 is 40.8 Å². The third kappa shape index (κ3) is 3.88. The number of nitrogens with zero attached hydrogens (tertiary/aromatic N) is 1. The van der Waals surface area contributed by atoms with Gasteiger partial charge in [-0.25, -0.2) is 4.39 Å². The molecule has 118 valence electrons. The summed E-state index contributed by atoms with van der Waals surface area (Å²) in [7, 11) is 0. The fourth-order valence-corrected chi connectivity index (χ4v) is 2.36. The third-order valence-electron chi connectivity index (χ3n) is 2.93. The summed E-state index contributed by atoms with van der Waals surface area (Å²) in [5, 5.41) is 7.62. The van der Waals surface area contributed by atoms with Crippen molar-refractivity contribution in [3.8, 4) is 11.5 Å². The summed E-state index contributed by atoms with van der Waals surface area (Å²) < 4.78 is 23.3. The summed E-state index contributed by atoms with van der Waals surface area (Å²) in [5.41, 5.74) is 4.05. The van der Waals surface area contributed by atoms with Crippen LogP contribution in [0.3, 0.4) is 0 Å². The van der Waals surface area contributed by atoms with Crippen LogP contribution in [-0.2, 0) is 0 Å². The van der Waals surface area contributed by atoms with Crippen molar-refractivity contribution in [3.63, 3.8) is 0 Å².